The van der Waals surface area contributed by atoms with Gasteiger partial charge in [-0.25, -0.2) is 0 Å². The normalized spacial score (nSPS) is 17.2. The average molecular weight is 479 g/mol. The molecule has 2 unspecified atom stereocenters. The molecule has 1 aliphatic rings. The van der Waals surface area contributed by atoms with Crippen LogP contribution in [0.4, 0.5) is 0 Å². The Balaban J connectivity index is 2.03. The van der Waals surface area contributed by atoms with Gasteiger partial charge >= 0.3 is 0 Å². The van der Waals surface area contributed by atoms with E-state index in [2.05, 4.69) is 10.6 Å². The number of ketones is 2. The van der Waals surface area contributed by atoms with Crippen molar-refractivity contribution in [2.24, 2.45) is 11.5 Å². The first-order valence-electron chi connectivity index (χ1n) is 10.9. The van der Waals surface area contributed by atoms with Crippen LogP contribution in [0, 0.1) is 5.41 Å². The highest BCUT2D eigenvalue weighted by Crippen LogP contribution is 2.20. The molecule has 0 aromatic heterocycles. The largest absolute Gasteiger partial charge is 0.370 e. The third-order valence-electron chi connectivity index (χ3n) is 5.47. The summed E-state index contributed by atoms with van der Waals surface area (Å²) in [6.07, 6.45) is 1.94. The van der Waals surface area contributed by atoms with Crippen molar-refractivity contribution in [3.8, 4) is 0 Å². The number of alkyl halides is 1. The molecule has 0 radical (unpaired) electrons. The number of nitrogens with two attached hydrogens (primary N) is 2. The van der Waals surface area contributed by atoms with Crippen LogP contribution in [-0.4, -0.2) is 71.3 Å². The lowest BCUT2D eigenvalue weighted by atomic mass is 10.0. The maximum Gasteiger partial charge on any atom is 0.243 e. The number of carbonyl (C=O) groups is 4. The monoisotopic (exact) mass is 478 g/mol. The molecule has 10 nitrogen and oxygen atoms in total. The third-order valence-corrected chi connectivity index (χ3v) is 5.71. The van der Waals surface area contributed by atoms with Gasteiger partial charge in [-0.3, -0.25) is 24.6 Å². The Morgan fingerprint density at radius 3 is 2.55 bits per heavy atom. The van der Waals surface area contributed by atoms with E-state index in [0.717, 1.165) is 5.56 Å². The average Bonchev–Trinajstić information content (AvgIpc) is 3.30. The molecule has 0 spiro atoms. The lowest BCUT2D eigenvalue weighted by Gasteiger charge is -2.28. The van der Waals surface area contributed by atoms with E-state index in [1.807, 2.05) is 30.3 Å². The Bertz CT molecular complexity index is 866. The van der Waals surface area contributed by atoms with E-state index in [9.17, 15) is 19.2 Å². The molecule has 33 heavy (non-hydrogen) atoms. The standard InChI is InChI=1S/C22H31ClN6O4/c23-13-18(30)19(31)16(8-4-10-27-22(25)26)28-20(32)17-9-5-11-29(17)21(33)15(24)12-14-6-2-1-3-7-14/h1-3,6-7,15-17H,4-5,8-13,24H2,(H,28,32)(H4,25,26,27)/t15?,16-,17?/m1/s1. The Morgan fingerprint density at radius 2 is 1.91 bits per heavy atom. The minimum atomic E-state index is -1.08. The van der Waals surface area contributed by atoms with Gasteiger partial charge in [0.1, 0.15) is 6.04 Å². The molecule has 7 N–H and O–H groups in total. The summed E-state index contributed by atoms with van der Waals surface area (Å²) in [5.74, 6) is -3.14. The molecule has 1 fully saturated rings. The second kappa shape index (κ2) is 12.9. The molecule has 11 heteroatoms. The molecular weight excluding hydrogens is 448 g/mol. The van der Waals surface area contributed by atoms with Crippen molar-refractivity contribution in [1.29, 1.82) is 5.41 Å². The number of rotatable bonds is 12. The van der Waals surface area contributed by atoms with Crippen LogP contribution in [0.15, 0.2) is 30.3 Å². The summed E-state index contributed by atoms with van der Waals surface area (Å²) in [6.45, 7) is 0.688. The molecule has 1 heterocycles. The predicted molar refractivity (Wildman–Crippen MR) is 125 cm³/mol. The van der Waals surface area contributed by atoms with Gasteiger partial charge in [-0.05, 0) is 37.7 Å². The van der Waals surface area contributed by atoms with Crippen molar-refractivity contribution in [1.82, 2.24) is 15.5 Å². The molecule has 0 saturated carbocycles. The van der Waals surface area contributed by atoms with Crippen molar-refractivity contribution >= 4 is 40.9 Å². The Kier molecular flexibility index (Phi) is 10.3. The molecule has 0 aliphatic carbocycles. The number of likely N-dealkylation sites (tertiary alicyclic amines) is 1. The van der Waals surface area contributed by atoms with Crippen molar-refractivity contribution in [3.05, 3.63) is 35.9 Å². The second-order valence-corrected chi connectivity index (χ2v) is 8.22. The molecule has 1 aromatic rings. The van der Waals surface area contributed by atoms with Crippen LogP contribution in [0.1, 0.15) is 31.2 Å². The van der Waals surface area contributed by atoms with Crippen LogP contribution in [-0.2, 0) is 25.6 Å². The van der Waals surface area contributed by atoms with Crippen LogP contribution in [0.25, 0.3) is 0 Å². The van der Waals surface area contributed by atoms with E-state index >= 15 is 0 Å². The highest BCUT2D eigenvalue weighted by molar-refractivity contribution is 6.48. The van der Waals surface area contributed by atoms with Gasteiger partial charge in [0, 0.05) is 13.1 Å². The fraction of sp³-hybridized carbons (Fsp3) is 0.500. The first-order valence-corrected chi connectivity index (χ1v) is 11.4. The molecule has 1 aromatic carbocycles. The van der Waals surface area contributed by atoms with Crippen molar-refractivity contribution in [2.45, 2.75) is 50.2 Å². The van der Waals surface area contributed by atoms with Crippen molar-refractivity contribution in [2.75, 3.05) is 19.0 Å². The zero-order chi connectivity index (χ0) is 24.4. The number of halogens is 1. The highest BCUT2D eigenvalue weighted by Gasteiger charge is 2.38. The maximum atomic E-state index is 13.0. The van der Waals surface area contributed by atoms with Gasteiger partial charge in [-0.15, -0.1) is 11.6 Å². The van der Waals surface area contributed by atoms with Gasteiger partial charge in [-0.2, -0.15) is 0 Å². The summed E-state index contributed by atoms with van der Waals surface area (Å²) in [4.78, 5) is 51.7. The molecular formula is C22H31ClN6O4. The van der Waals surface area contributed by atoms with Gasteiger partial charge in [0.25, 0.3) is 0 Å². The number of hydrogen-bond donors (Lipinski definition) is 5. The van der Waals surface area contributed by atoms with Crippen LogP contribution in [0.5, 0.6) is 0 Å². The molecule has 0 bridgehead atoms. The predicted octanol–water partition coefficient (Wildman–Crippen LogP) is -0.328. The van der Waals surface area contributed by atoms with Gasteiger partial charge in [-0.1, -0.05) is 30.3 Å². The lowest BCUT2D eigenvalue weighted by molar-refractivity contribution is -0.141. The summed E-state index contributed by atoms with van der Waals surface area (Å²) < 4.78 is 0. The van der Waals surface area contributed by atoms with Crippen molar-refractivity contribution in [3.63, 3.8) is 0 Å². The maximum absolute atomic E-state index is 13.0. The minimum absolute atomic E-state index is 0.154. The number of guanidine groups is 1. The number of carbonyl (C=O) groups excluding carboxylic acids is 4. The van der Waals surface area contributed by atoms with Gasteiger partial charge in [0.15, 0.2) is 5.96 Å². The number of Topliss-reactive ketones (excluding diaryl/α,β-unsaturated/α-hetero) is 2. The number of nitrogens with one attached hydrogen (secondary N) is 3. The first-order chi connectivity index (χ1) is 15.7. The first kappa shape index (κ1) is 26.3. The number of benzene rings is 1. The number of nitrogens with zero attached hydrogens (tertiary/aromatic N) is 1. The molecule has 2 amide bonds. The van der Waals surface area contributed by atoms with E-state index < -0.39 is 41.5 Å². The lowest BCUT2D eigenvalue weighted by Crippen LogP contribution is -2.55. The second-order valence-electron chi connectivity index (χ2n) is 7.95. The van der Waals surface area contributed by atoms with Gasteiger partial charge < -0.3 is 27.0 Å². The Morgan fingerprint density at radius 1 is 1.21 bits per heavy atom. The Hall–Kier alpha value is -2.98. The van der Waals surface area contributed by atoms with E-state index in [1.165, 1.54) is 4.90 Å². The fourth-order valence-electron chi connectivity index (χ4n) is 3.80. The van der Waals surface area contributed by atoms with Crippen molar-refractivity contribution < 1.29 is 19.2 Å². The Labute approximate surface area is 197 Å². The summed E-state index contributed by atoms with van der Waals surface area (Å²) in [5, 5.41) is 12.4. The van der Waals surface area contributed by atoms with E-state index in [0.29, 0.717) is 38.8 Å². The number of amides is 2. The van der Waals surface area contributed by atoms with E-state index in [1.54, 1.807) is 0 Å². The van der Waals surface area contributed by atoms with E-state index in [4.69, 9.17) is 28.5 Å². The quantitative estimate of drug-likeness (QED) is 0.0899. The van der Waals surface area contributed by atoms with E-state index in [-0.39, 0.29) is 18.3 Å². The van der Waals surface area contributed by atoms with Gasteiger partial charge in [0.05, 0.1) is 18.0 Å². The summed E-state index contributed by atoms with van der Waals surface area (Å²) in [7, 11) is 0. The summed E-state index contributed by atoms with van der Waals surface area (Å²) in [5.41, 5.74) is 12.3. The third kappa shape index (κ3) is 7.83. The molecule has 2 rings (SSSR count). The fourth-order valence-corrected chi connectivity index (χ4v) is 3.93. The molecule has 1 saturated heterocycles. The van der Waals surface area contributed by atoms with Crippen LogP contribution < -0.4 is 22.1 Å². The molecule has 180 valence electrons. The summed E-state index contributed by atoms with van der Waals surface area (Å²) in [6, 6.07) is 6.73. The number of hydrogen-bond acceptors (Lipinski definition) is 6. The highest BCUT2D eigenvalue weighted by atomic mass is 35.5. The van der Waals surface area contributed by atoms with Gasteiger partial charge in [0.2, 0.25) is 23.4 Å². The molecule has 3 atom stereocenters. The van der Waals surface area contributed by atoms with Crippen LogP contribution in [0.2, 0.25) is 0 Å². The van der Waals surface area contributed by atoms with Crippen LogP contribution in [0.3, 0.4) is 0 Å². The topological polar surface area (TPSA) is 171 Å². The summed E-state index contributed by atoms with van der Waals surface area (Å²) >= 11 is 5.52. The zero-order valence-electron chi connectivity index (χ0n) is 18.4. The SMILES string of the molecule is N=C(N)NCCC[C@@H](NC(=O)C1CCCN1C(=O)C(N)Cc1ccccc1)C(=O)C(=O)CCl. The minimum Gasteiger partial charge on any atom is -0.370 e. The smallest absolute Gasteiger partial charge is 0.243 e. The zero-order valence-corrected chi connectivity index (χ0v) is 19.1. The van der Waals surface area contributed by atoms with Crippen LogP contribution >= 0.6 is 11.6 Å². The molecule has 1 aliphatic heterocycles.